The minimum atomic E-state index is -0.901. The Morgan fingerprint density at radius 2 is 2.00 bits per heavy atom. The Morgan fingerprint density at radius 3 is 2.61 bits per heavy atom. The van der Waals surface area contributed by atoms with Gasteiger partial charge in [-0.15, -0.1) is 0 Å². The van der Waals surface area contributed by atoms with E-state index >= 15 is 0 Å². The summed E-state index contributed by atoms with van der Waals surface area (Å²) < 4.78 is 26.6. The zero-order valence-corrected chi connectivity index (χ0v) is 10.5. The molecule has 0 heterocycles. The van der Waals surface area contributed by atoms with E-state index in [1.54, 1.807) is 0 Å². The molecule has 1 aliphatic carbocycles. The Morgan fingerprint density at radius 1 is 1.33 bits per heavy atom. The van der Waals surface area contributed by atoms with Crippen LogP contribution in [0.5, 0.6) is 0 Å². The van der Waals surface area contributed by atoms with Crippen LogP contribution in [0.4, 0.5) is 8.78 Å². The fraction of sp³-hybridized carbons (Fsp3) is 0.571. The molecule has 4 heteroatoms. The Balaban J connectivity index is 2.06. The maximum atomic E-state index is 13.5. The molecule has 2 rings (SSSR count). The van der Waals surface area contributed by atoms with E-state index in [4.69, 9.17) is 0 Å². The summed E-state index contributed by atoms with van der Waals surface area (Å²) in [6.07, 6.45) is 3.16. The van der Waals surface area contributed by atoms with E-state index in [9.17, 15) is 13.9 Å². The van der Waals surface area contributed by atoms with Crippen molar-refractivity contribution in [1.29, 1.82) is 0 Å². The van der Waals surface area contributed by atoms with E-state index in [1.165, 1.54) is 6.07 Å². The van der Waals surface area contributed by atoms with E-state index in [-0.39, 0.29) is 12.0 Å². The average Bonchev–Trinajstić information content (AvgIpc) is 2.35. The molecule has 18 heavy (non-hydrogen) atoms. The summed E-state index contributed by atoms with van der Waals surface area (Å²) in [5.74, 6) is -0.903. The van der Waals surface area contributed by atoms with Gasteiger partial charge in [0.25, 0.3) is 0 Å². The Labute approximate surface area is 106 Å². The van der Waals surface area contributed by atoms with Crippen LogP contribution in [-0.4, -0.2) is 23.8 Å². The minimum Gasteiger partial charge on any atom is -0.390 e. The lowest BCUT2D eigenvalue weighted by Gasteiger charge is -2.36. The quantitative estimate of drug-likeness (QED) is 0.869. The molecule has 0 radical (unpaired) electrons. The molecule has 2 nitrogen and oxygen atoms in total. The Kier molecular flexibility index (Phi) is 3.97. The van der Waals surface area contributed by atoms with Crippen molar-refractivity contribution < 1.29 is 13.9 Å². The van der Waals surface area contributed by atoms with Gasteiger partial charge in [-0.05, 0) is 56.5 Å². The SMILES string of the molecule is CNC1CCC(O)(Cc2cc(F)ccc2F)CC1. The largest absolute Gasteiger partial charge is 0.390 e. The van der Waals surface area contributed by atoms with Gasteiger partial charge in [-0.25, -0.2) is 8.78 Å². The van der Waals surface area contributed by atoms with Gasteiger partial charge in [0.2, 0.25) is 0 Å². The predicted molar refractivity (Wildman–Crippen MR) is 66.3 cm³/mol. The van der Waals surface area contributed by atoms with Crippen LogP contribution in [0, 0.1) is 11.6 Å². The van der Waals surface area contributed by atoms with Gasteiger partial charge in [0, 0.05) is 12.5 Å². The van der Waals surface area contributed by atoms with Crippen LogP contribution in [0.2, 0.25) is 0 Å². The van der Waals surface area contributed by atoms with Crippen molar-refractivity contribution in [1.82, 2.24) is 5.32 Å². The molecule has 0 aromatic heterocycles. The van der Waals surface area contributed by atoms with E-state index in [0.29, 0.717) is 18.9 Å². The highest BCUT2D eigenvalue weighted by molar-refractivity contribution is 5.21. The van der Waals surface area contributed by atoms with Crippen molar-refractivity contribution in [3.05, 3.63) is 35.4 Å². The molecular formula is C14H19F2NO. The van der Waals surface area contributed by atoms with E-state index < -0.39 is 17.2 Å². The van der Waals surface area contributed by atoms with Crippen molar-refractivity contribution in [2.24, 2.45) is 0 Å². The van der Waals surface area contributed by atoms with Crippen molar-refractivity contribution in [2.75, 3.05) is 7.05 Å². The molecule has 0 bridgehead atoms. The first-order chi connectivity index (χ1) is 8.52. The molecular weight excluding hydrogens is 236 g/mol. The van der Waals surface area contributed by atoms with Crippen LogP contribution < -0.4 is 5.32 Å². The van der Waals surface area contributed by atoms with Crippen LogP contribution in [0.15, 0.2) is 18.2 Å². The van der Waals surface area contributed by atoms with E-state index in [2.05, 4.69) is 5.32 Å². The van der Waals surface area contributed by atoms with Crippen LogP contribution in [0.1, 0.15) is 31.2 Å². The lowest BCUT2D eigenvalue weighted by Crippen LogP contribution is -2.41. The van der Waals surface area contributed by atoms with E-state index in [0.717, 1.165) is 25.0 Å². The second-order valence-corrected chi connectivity index (χ2v) is 5.20. The number of benzene rings is 1. The molecule has 1 aromatic carbocycles. The summed E-state index contributed by atoms with van der Waals surface area (Å²) >= 11 is 0. The minimum absolute atomic E-state index is 0.188. The maximum Gasteiger partial charge on any atom is 0.126 e. The number of halogens is 2. The van der Waals surface area contributed by atoms with Gasteiger partial charge in [0.15, 0.2) is 0 Å². The van der Waals surface area contributed by atoms with Crippen molar-refractivity contribution in [3.8, 4) is 0 Å². The summed E-state index contributed by atoms with van der Waals surface area (Å²) in [7, 11) is 1.90. The maximum absolute atomic E-state index is 13.5. The highest BCUT2D eigenvalue weighted by Crippen LogP contribution is 2.32. The summed E-state index contributed by atoms with van der Waals surface area (Å²) in [5, 5.41) is 13.6. The third kappa shape index (κ3) is 3.06. The molecule has 1 fully saturated rings. The fourth-order valence-electron chi connectivity index (χ4n) is 2.65. The third-order valence-corrected chi connectivity index (χ3v) is 3.85. The zero-order valence-electron chi connectivity index (χ0n) is 10.5. The number of nitrogens with one attached hydrogen (secondary N) is 1. The van der Waals surface area contributed by atoms with Crippen molar-refractivity contribution in [2.45, 2.75) is 43.7 Å². The first-order valence-electron chi connectivity index (χ1n) is 6.36. The molecule has 1 saturated carbocycles. The van der Waals surface area contributed by atoms with Crippen LogP contribution in [0.25, 0.3) is 0 Å². The van der Waals surface area contributed by atoms with Gasteiger partial charge in [0.05, 0.1) is 5.60 Å². The smallest absolute Gasteiger partial charge is 0.126 e. The Hall–Kier alpha value is -1.00. The molecule has 0 spiro atoms. The number of hydrogen-bond donors (Lipinski definition) is 2. The second-order valence-electron chi connectivity index (χ2n) is 5.20. The third-order valence-electron chi connectivity index (χ3n) is 3.85. The molecule has 0 amide bonds. The van der Waals surface area contributed by atoms with Crippen LogP contribution in [-0.2, 0) is 6.42 Å². The van der Waals surface area contributed by atoms with Crippen LogP contribution in [0.3, 0.4) is 0 Å². The normalized spacial score (nSPS) is 28.3. The molecule has 0 atom stereocenters. The van der Waals surface area contributed by atoms with Crippen LogP contribution >= 0.6 is 0 Å². The van der Waals surface area contributed by atoms with Crippen molar-refractivity contribution >= 4 is 0 Å². The molecule has 0 aliphatic heterocycles. The topological polar surface area (TPSA) is 32.3 Å². The monoisotopic (exact) mass is 255 g/mol. The summed E-state index contributed by atoms with van der Waals surface area (Å²) in [6.45, 7) is 0. The first-order valence-corrected chi connectivity index (χ1v) is 6.36. The van der Waals surface area contributed by atoms with Gasteiger partial charge in [-0.3, -0.25) is 0 Å². The number of aliphatic hydroxyl groups is 1. The molecule has 1 aliphatic rings. The first kappa shape index (κ1) is 13.4. The highest BCUT2D eigenvalue weighted by Gasteiger charge is 2.33. The second kappa shape index (κ2) is 5.33. The molecule has 1 aromatic rings. The fourth-order valence-corrected chi connectivity index (χ4v) is 2.65. The number of rotatable bonds is 3. The Bertz CT molecular complexity index is 414. The summed E-state index contributed by atoms with van der Waals surface area (Å²) in [6, 6.07) is 3.81. The molecule has 0 unspecified atom stereocenters. The van der Waals surface area contributed by atoms with Gasteiger partial charge in [-0.1, -0.05) is 0 Å². The highest BCUT2D eigenvalue weighted by atomic mass is 19.1. The van der Waals surface area contributed by atoms with Gasteiger partial charge in [0.1, 0.15) is 11.6 Å². The average molecular weight is 255 g/mol. The lowest BCUT2D eigenvalue weighted by molar-refractivity contribution is -0.00312. The van der Waals surface area contributed by atoms with E-state index in [1.807, 2.05) is 7.05 Å². The molecule has 2 N–H and O–H groups in total. The summed E-state index contributed by atoms with van der Waals surface area (Å²) in [5.41, 5.74) is -0.637. The number of hydrogen-bond acceptors (Lipinski definition) is 2. The van der Waals surface area contributed by atoms with Gasteiger partial charge < -0.3 is 10.4 Å². The lowest BCUT2D eigenvalue weighted by atomic mass is 9.78. The zero-order chi connectivity index (χ0) is 13.2. The predicted octanol–water partition coefficient (Wildman–Crippen LogP) is 2.40. The standard InChI is InChI=1S/C14H19F2NO/c1-17-12-4-6-14(18,7-5-12)9-10-8-11(15)2-3-13(10)16/h2-3,8,12,17-18H,4-7,9H2,1H3. The van der Waals surface area contributed by atoms with Gasteiger partial charge >= 0.3 is 0 Å². The molecule has 100 valence electrons. The molecule has 0 saturated heterocycles. The van der Waals surface area contributed by atoms with Gasteiger partial charge in [-0.2, -0.15) is 0 Å². The summed E-state index contributed by atoms with van der Waals surface area (Å²) in [4.78, 5) is 0. The van der Waals surface area contributed by atoms with Crippen molar-refractivity contribution in [3.63, 3.8) is 0 Å².